The molecule has 3 unspecified atom stereocenters. The van der Waals surface area contributed by atoms with Crippen LogP contribution in [0.5, 0.6) is 0 Å². The number of nitrogens with two attached hydrogens (primary N) is 1. The van der Waals surface area contributed by atoms with Gasteiger partial charge in [0.1, 0.15) is 0 Å². The van der Waals surface area contributed by atoms with Crippen LogP contribution in [0.2, 0.25) is 0 Å². The van der Waals surface area contributed by atoms with Crippen molar-refractivity contribution in [2.24, 2.45) is 11.7 Å². The molecule has 1 aliphatic rings. The van der Waals surface area contributed by atoms with E-state index in [1.54, 1.807) is 0 Å². The lowest BCUT2D eigenvalue weighted by Crippen LogP contribution is -2.15. The van der Waals surface area contributed by atoms with Crippen molar-refractivity contribution in [3.05, 3.63) is 70.8 Å². The second-order valence-corrected chi connectivity index (χ2v) is 5.73. The van der Waals surface area contributed by atoms with E-state index in [1.807, 2.05) is 0 Å². The molecule has 1 saturated carbocycles. The van der Waals surface area contributed by atoms with Gasteiger partial charge >= 0.3 is 0 Å². The second-order valence-electron chi connectivity index (χ2n) is 5.73. The maximum absolute atomic E-state index is 6.50. The van der Waals surface area contributed by atoms with Gasteiger partial charge in [-0.15, -0.1) is 0 Å². The standard InChI is InChI=1S/C18H21N/c1-12-7-6-10-15(13(12)2)18(19)17-11-16(17)14-8-4-3-5-9-14/h3-10,16-18H,11,19H2,1-2H3. The molecule has 2 aromatic carbocycles. The van der Waals surface area contributed by atoms with Crippen LogP contribution in [0.25, 0.3) is 0 Å². The molecule has 2 N–H and O–H groups in total. The molecule has 98 valence electrons. The molecule has 0 amide bonds. The first-order valence-electron chi connectivity index (χ1n) is 7.05. The van der Waals surface area contributed by atoms with Gasteiger partial charge in [-0.1, -0.05) is 48.5 Å². The molecular weight excluding hydrogens is 230 g/mol. The van der Waals surface area contributed by atoms with E-state index in [4.69, 9.17) is 5.73 Å². The van der Waals surface area contributed by atoms with E-state index in [-0.39, 0.29) is 6.04 Å². The Morgan fingerprint density at radius 2 is 1.74 bits per heavy atom. The molecule has 3 rings (SSSR count). The number of hydrogen-bond donors (Lipinski definition) is 1. The fourth-order valence-electron chi connectivity index (χ4n) is 3.06. The highest BCUT2D eigenvalue weighted by Gasteiger charge is 2.43. The summed E-state index contributed by atoms with van der Waals surface area (Å²) in [6, 6.07) is 17.4. The summed E-state index contributed by atoms with van der Waals surface area (Å²) >= 11 is 0. The summed E-state index contributed by atoms with van der Waals surface area (Å²) < 4.78 is 0. The van der Waals surface area contributed by atoms with Gasteiger partial charge in [-0.05, 0) is 54.4 Å². The third-order valence-electron chi connectivity index (χ3n) is 4.53. The fraction of sp³-hybridized carbons (Fsp3) is 0.333. The monoisotopic (exact) mass is 251 g/mol. The van der Waals surface area contributed by atoms with Crippen molar-refractivity contribution in [3.8, 4) is 0 Å². The van der Waals surface area contributed by atoms with Crippen molar-refractivity contribution < 1.29 is 0 Å². The van der Waals surface area contributed by atoms with Crippen molar-refractivity contribution in [2.75, 3.05) is 0 Å². The van der Waals surface area contributed by atoms with E-state index in [9.17, 15) is 0 Å². The second kappa shape index (κ2) is 4.82. The summed E-state index contributed by atoms with van der Waals surface area (Å²) in [7, 11) is 0. The predicted octanol–water partition coefficient (Wildman–Crippen LogP) is 4.11. The van der Waals surface area contributed by atoms with Crippen molar-refractivity contribution >= 4 is 0 Å². The zero-order valence-electron chi connectivity index (χ0n) is 11.6. The smallest absolute Gasteiger partial charge is 0.0332 e. The molecule has 1 heteroatoms. The molecule has 0 spiro atoms. The Hall–Kier alpha value is -1.60. The number of hydrogen-bond acceptors (Lipinski definition) is 1. The molecule has 1 fully saturated rings. The minimum absolute atomic E-state index is 0.171. The van der Waals surface area contributed by atoms with E-state index < -0.39 is 0 Å². The maximum Gasteiger partial charge on any atom is 0.0332 e. The van der Waals surface area contributed by atoms with Gasteiger partial charge in [0.25, 0.3) is 0 Å². The average Bonchev–Trinajstić information content (AvgIpc) is 3.22. The Morgan fingerprint density at radius 1 is 1.00 bits per heavy atom. The molecule has 0 heterocycles. The van der Waals surface area contributed by atoms with Crippen molar-refractivity contribution in [1.82, 2.24) is 0 Å². The summed E-state index contributed by atoms with van der Waals surface area (Å²) in [5.41, 5.74) is 12.0. The highest BCUT2D eigenvalue weighted by Crippen LogP contribution is 2.53. The Bertz CT molecular complexity index is 573. The SMILES string of the molecule is Cc1cccc(C(N)C2CC2c2ccccc2)c1C. The highest BCUT2D eigenvalue weighted by atomic mass is 14.7. The summed E-state index contributed by atoms with van der Waals surface area (Å²) in [5, 5.41) is 0. The molecule has 1 aliphatic carbocycles. The average molecular weight is 251 g/mol. The molecule has 2 aromatic rings. The van der Waals surface area contributed by atoms with Crippen LogP contribution in [0.4, 0.5) is 0 Å². The number of rotatable bonds is 3. The molecule has 0 aliphatic heterocycles. The van der Waals surface area contributed by atoms with Crippen LogP contribution in [-0.4, -0.2) is 0 Å². The van der Waals surface area contributed by atoms with E-state index >= 15 is 0 Å². The summed E-state index contributed by atoms with van der Waals surface area (Å²) in [5.74, 6) is 1.25. The van der Waals surface area contributed by atoms with Crippen LogP contribution in [-0.2, 0) is 0 Å². The minimum atomic E-state index is 0.171. The molecule has 1 nitrogen and oxygen atoms in total. The van der Waals surface area contributed by atoms with Gasteiger partial charge in [0.05, 0.1) is 0 Å². The fourth-order valence-corrected chi connectivity index (χ4v) is 3.06. The van der Waals surface area contributed by atoms with E-state index in [2.05, 4.69) is 62.4 Å². The molecular formula is C18H21N. The van der Waals surface area contributed by atoms with Gasteiger partial charge in [0.2, 0.25) is 0 Å². The molecule has 0 bridgehead atoms. The quantitative estimate of drug-likeness (QED) is 0.873. The summed E-state index contributed by atoms with van der Waals surface area (Å²) in [6.45, 7) is 4.34. The van der Waals surface area contributed by atoms with Crippen LogP contribution < -0.4 is 5.73 Å². The molecule has 0 radical (unpaired) electrons. The topological polar surface area (TPSA) is 26.0 Å². The van der Waals surface area contributed by atoms with Gasteiger partial charge in [0.15, 0.2) is 0 Å². The zero-order chi connectivity index (χ0) is 13.4. The number of aryl methyl sites for hydroxylation is 1. The lowest BCUT2D eigenvalue weighted by Gasteiger charge is -2.16. The molecule has 19 heavy (non-hydrogen) atoms. The molecule has 3 atom stereocenters. The van der Waals surface area contributed by atoms with Crippen LogP contribution in [0, 0.1) is 19.8 Å². The Balaban J connectivity index is 1.80. The van der Waals surface area contributed by atoms with Crippen LogP contribution in [0.15, 0.2) is 48.5 Å². The largest absolute Gasteiger partial charge is 0.324 e. The van der Waals surface area contributed by atoms with Gasteiger partial charge in [-0.2, -0.15) is 0 Å². The van der Waals surface area contributed by atoms with Crippen LogP contribution >= 0.6 is 0 Å². The van der Waals surface area contributed by atoms with Crippen LogP contribution in [0.3, 0.4) is 0 Å². The number of benzene rings is 2. The Kier molecular flexibility index (Phi) is 3.16. The van der Waals surface area contributed by atoms with E-state index in [0.29, 0.717) is 11.8 Å². The Morgan fingerprint density at radius 3 is 2.47 bits per heavy atom. The van der Waals surface area contributed by atoms with Crippen molar-refractivity contribution in [3.63, 3.8) is 0 Å². The third kappa shape index (κ3) is 2.31. The van der Waals surface area contributed by atoms with Crippen LogP contribution in [0.1, 0.15) is 40.6 Å². The van der Waals surface area contributed by atoms with Crippen molar-refractivity contribution in [1.29, 1.82) is 0 Å². The minimum Gasteiger partial charge on any atom is -0.324 e. The lowest BCUT2D eigenvalue weighted by molar-refractivity contribution is 0.612. The first kappa shape index (κ1) is 12.4. The van der Waals surface area contributed by atoms with Crippen molar-refractivity contribution in [2.45, 2.75) is 32.2 Å². The lowest BCUT2D eigenvalue weighted by atomic mass is 9.93. The van der Waals surface area contributed by atoms with Gasteiger partial charge < -0.3 is 5.73 Å². The predicted molar refractivity (Wildman–Crippen MR) is 80.1 cm³/mol. The first-order valence-corrected chi connectivity index (χ1v) is 7.05. The normalized spacial score (nSPS) is 23.1. The molecule has 0 aromatic heterocycles. The third-order valence-corrected chi connectivity index (χ3v) is 4.53. The maximum atomic E-state index is 6.50. The van der Waals surface area contributed by atoms with E-state index in [1.165, 1.54) is 28.7 Å². The zero-order valence-corrected chi connectivity index (χ0v) is 11.6. The molecule has 0 saturated heterocycles. The highest BCUT2D eigenvalue weighted by molar-refractivity contribution is 5.38. The summed E-state index contributed by atoms with van der Waals surface area (Å²) in [6.07, 6.45) is 1.22. The van der Waals surface area contributed by atoms with Gasteiger partial charge in [-0.25, -0.2) is 0 Å². The van der Waals surface area contributed by atoms with E-state index in [0.717, 1.165) is 0 Å². The summed E-state index contributed by atoms with van der Waals surface area (Å²) in [4.78, 5) is 0. The Labute approximate surface area is 115 Å². The van der Waals surface area contributed by atoms with Gasteiger partial charge in [-0.3, -0.25) is 0 Å². The van der Waals surface area contributed by atoms with Gasteiger partial charge in [0, 0.05) is 6.04 Å². The first-order chi connectivity index (χ1) is 9.18.